The second kappa shape index (κ2) is 7.92. The molecule has 2 N–H and O–H groups in total. The molecule has 0 spiro atoms. The molecule has 1 aromatic carbocycles. The highest BCUT2D eigenvalue weighted by molar-refractivity contribution is 5.89. The number of hydrogen-bond donors (Lipinski definition) is 2. The molecule has 0 aliphatic carbocycles. The fraction of sp³-hybridized carbons (Fsp3) is 0.562. The molecule has 0 unspecified atom stereocenters. The summed E-state index contributed by atoms with van der Waals surface area (Å²) in [5.74, 6) is 0.466. The standard InChI is InChI=1S/C16H24N4O3/c1-12(2)15(19-9-3-4-10-19)11-17-16(21)18-13-5-7-14(8-6-13)20(22)23/h5-8,12,15H,3-4,9-11H2,1-2H3,(H2,17,18,21)/t15-/m0/s1. The molecular weight excluding hydrogens is 296 g/mol. The SMILES string of the molecule is CC(C)[C@H](CNC(=O)Nc1ccc([N+](=O)[O-])cc1)N1CCCC1. The molecule has 1 atom stereocenters. The van der Waals surface area contributed by atoms with Crippen LogP contribution in [0.15, 0.2) is 24.3 Å². The third-order valence-electron chi connectivity index (χ3n) is 4.19. The van der Waals surface area contributed by atoms with Gasteiger partial charge in [-0.3, -0.25) is 15.0 Å². The molecule has 7 heteroatoms. The minimum Gasteiger partial charge on any atom is -0.336 e. The molecule has 1 aliphatic heterocycles. The van der Waals surface area contributed by atoms with E-state index in [4.69, 9.17) is 0 Å². The van der Waals surface area contributed by atoms with Crippen LogP contribution in [0.1, 0.15) is 26.7 Å². The van der Waals surface area contributed by atoms with Crippen LogP contribution in [0.25, 0.3) is 0 Å². The summed E-state index contributed by atoms with van der Waals surface area (Å²) >= 11 is 0. The topological polar surface area (TPSA) is 87.5 Å². The normalized spacial score (nSPS) is 16.3. The zero-order valence-corrected chi connectivity index (χ0v) is 13.6. The second-order valence-electron chi connectivity index (χ2n) is 6.19. The van der Waals surface area contributed by atoms with Crippen LogP contribution >= 0.6 is 0 Å². The lowest BCUT2D eigenvalue weighted by atomic mass is 10.0. The van der Waals surface area contributed by atoms with Gasteiger partial charge in [-0.25, -0.2) is 4.79 Å². The van der Waals surface area contributed by atoms with Crippen molar-refractivity contribution < 1.29 is 9.72 Å². The molecule has 1 heterocycles. The highest BCUT2D eigenvalue weighted by Crippen LogP contribution is 2.18. The number of urea groups is 1. The number of nitrogens with one attached hydrogen (secondary N) is 2. The van der Waals surface area contributed by atoms with E-state index in [0.29, 0.717) is 24.2 Å². The Balaban J connectivity index is 1.84. The van der Waals surface area contributed by atoms with Crippen LogP contribution in [0.5, 0.6) is 0 Å². The van der Waals surface area contributed by atoms with E-state index < -0.39 is 4.92 Å². The van der Waals surface area contributed by atoms with Crippen LogP contribution in [0, 0.1) is 16.0 Å². The van der Waals surface area contributed by atoms with Crippen molar-refractivity contribution in [2.45, 2.75) is 32.7 Å². The van der Waals surface area contributed by atoms with Crippen molar-refractivity contribution in [3.63, 3.8) is 0 Å². The predicted octanol–water partition coefficient (Wildman–Crippen LogP) is 2.84. The van der Waals surface area contributed by atoms with E-state index in [-0.39, 0.29) is 11.7 Å². The van der Waals surface area contributed by atoms with Crippen molar-refractivity contribution in [3.8, 4) is 0 Å². The van der Waals surface area contributed by atoms with Gasteiger partial charge in [0.2, 0.25) is 0 Å². The monoisotopic (exact) mass is 320 g/mol. The van der Waals surface area contributed by atoms with Crippen molar-refractivity contribution in [1.29, 1.82) is 0 Å². The van der Waals surface area contributed by atoms with E-state index in [1.165, 1.54) is 37.1 Å². The minimum absolute atomic E-state index is 0.00450. The van der Waals surface area contributed by atoms with Gasteiger partial charge in [-0.1, -0.05) is 13.8 Å². The average Bonchev–Trinajstić information content (AvgIpc) is 3.01. The number of carbonyl (C=O) groups is 1. The molecule has 7 nitrogen and oxygen atoms in total. The first-order valence-corrected chi connectivity index (χ1v) is 8.00. The lowest BCUT2D eigenvalue weighted by Gasteiger charge is -2.30. The van der Waals surface area contributed by atoms with Crippen molar-refractivity contribution in [3.05, 3.63) is 34.4 Å². The van der Waals surface area contributed by atoms with E-state index in [1.54, 1.807) is 0 Å². The number of rotatable bonds is 6. The quantitative estimate of drug-likeness (QED) is 0.623. The Morgan fingerprint density at radius 1 is 1.26 bits per heavy atom. The fourth-order valence-electron chi connectivity index (χ4n) is 2.90. The highest BCUT2D eigenvalue weighted by atomic mass is 16.6. The lowest BCUT2D eigenvalue weighted by molar-refractivity contribution is -0.384. The van der Waals surface area contributed by atoms with Crippen molar-refractivity contribution in [2.24, 2.45) is 5.92 Å². The zero-order chi connectivity index (χ0) is 16.8. The largest absolute Gasteiger partial charge is 0.336 e. The molecule has 0 aromatic heterocycles. The highest BCUT2D eigenvalue weighted by Gasteiger charge is 2.24. The van der Waals surface area contributed by atoms with Crippen LogP contribution in [0.2, 0.25) is 0 Å². The number of anilines is 1. The minimum atomic E-state index is -0.465. The fourth-order valence-corrected chi connectivity index (χ4v) is 2.90. The number of likely N-dealkylation sites (tertiary alicyclic amines) is 1. The lowest BCUT2D eigenvalue weighted by Crippen LogP contribution is -2.46. The summed E-state index contributed by atoms with van der Waals surface area (Å²) in [4.78, 5) is 24.6. The van der Waals surface area contributed by atoms with E-state index in [2.05, 4.69) is 29.4 Å². The van der Waals surface area contributed by atoms with Crippen LogP contribution in [0.3, 0.4) is 0 Å². The van der Waals surface area contributed by atoms with E-state index >= 15 is 0 Å². The third-order valence-corrected chi connectivity index (χ3v) is 4.19. The summed E-state index contributed by atoms with van der Waals surface area (Å²) in [7, 11) is 0. The number of benzene rings is 1. The van der Waals surface area contributed by atoms with Crippen molar-refractivity contribution in [2.75, 3.05) is 25.0 Å². The number of non-ortho nitro benzene ring substituents is 1. The van der Waals surface area contributed by atoms with Gasteiger partial charge in [-0.2, -0.15) is 0 Å². The van der Waals surface area contributed by atoms with E-state index in [0.717, 1.165) is 13.1 Å². The molecule has 1 saturated heterocycles. The Morgan fingerprint density at radius 2 is 1.87 bits per heavy atom. The summed E-state index contributed by atoms with van der Waals surface area (Å²) < 4.78 is 0. The maximum absolute atomic E-state index is 12.0. The number of nitro benzene ring substituents is 1. The smallest absolute Gasteiger partial charge is 0.319 e. The first-order valence-electron chi connectivity index (χ1n) is 8.00. The van der Waals surface area contributed by atoms with E-state index in [9.17, 15) is 14.9 Å². The Hall–Kier alpha value is -2.15. The Bertz CT molecular complexity index is 539. The van der Waals surface area contributed by atoms with Gasteiger partial charge in [0.15, 0.2) is 0 Å². The molecular formula is C16H24N4O3. The molecule has 1 aliphatic rings. The molecule has 23 heavy (non-hydrogen) atoms. The molecule has 126 valence electrons. The maximum Gasteiger partial charge on any atom is 0.319 e. The second-order valence-corrected chi connectivity index (χ2v) is 6.19. The number of nitro groups is 1. The molecule has 2 amide bonds. The molecule has 0 saturated carbocycles. The molecule has 2 rings (SSSR count). The van der Waals surface area contributed by atoms with Crippen LogP contribution < -0.4 is 10.6 Å². The van der Waals surface area contributed by atoms with Gasteiger partial charge in [0.05, 0.1) is 4.92 Å². The van der Waals surface area contributed by atoms with Gasteiger partial charge < -0.3 is 10.6 Å². The first-order chi connectivity index (χ1) is 11.0. The zero-order valence-electron chi connectivity index (χ0n) is 13.6. The molecule has 0 bridgehead atoms. The molecule has 1 fully saturated rings. The molecule has 0 radical (unpaired) electrons. The van der Waals surface area contributed by atoms with Crippen molar-refractivity contribution >= 4 is 17.4 Å². The van der Waals surface area contributed by atoms with E-state index in [1.807, 2.05) is 0 Å². The van der Waals surface area contributed by atoms with Crippen molar-refractivity contribution in [1.82, 2.24) is 10.2 Å². The van der Waals surface area contributed by atoms with Gasteiger partial charge in [0.25, 0.3) is 5.69 Å². The predicted molar refractivity (Wildman–Crippen MR) is 89.6 cm³/mol. The number of nitrogens with zero attached hydrogens (tertiary/aromatic N) is 2. The first kappa shape index (κ1) is 17.2. The summed E-state index contributed by atoms with van der Waals surface area (Å²) in [6, 6.07) is 5.84. The summed E-state index contributed by atoms with van der Waals surface area (Å²) in [6.07, 6.45) is 2.44. The number of hydrogen-bond acceptors (Lipinski definition) is 4. The molecule has 1 aromatic rings. The summed E-state index contributed by atoms with van der Waals surface area (Å²) in [6.45, 7) is 7.11. The van der Waals surface area contributed by atoms with Gasteiger partial charge in [-0.15, -0.1) is 0 Å². The van der Waals surface area contributed by atoms with Gasteiger partial charge >= 0.3 is 6.03 Å². The number of amides is 2. The van der Waals surface area contributed by atoms with Crippen LogP contribution in [0.4, 0.5) is 16.2 Å². The average molecular weight is 320 g/mol. The third kappa shape index (κ3) is 4.92. The summed E-state index contributed by atoms with van der Waals surface area (Å²) in [5.41, 5.74) is 0.542. The Labute approximate surface area is 136 Å². The Morgan fingerprint density at radius 3 is 2.39 bits per heavy atom. The van der Waals surface area contributed by atoms with Crippen LogP contribution in [-0.2, 0) is 0 Å². The van der Waals surface area contributed by atoms with Crippen LogP contribution in [-0.4, -0.2) is 41.5 Å². The number of carbonyl (C=O) groups excluding carboxylic acids is 1. The Kier molecular flexibility index (Phi) is 5.92. The van der Waals surface area contributed by atoms with Gasteiger partial charge in [0, 0.05) is 30.4 Å². The van der Waals surface area contributed by atoms with Gasteiger partial charge in [-0.05, 0) is 44.0 Å². The maximum atomic E-state index is 12.0. The van der Waals surface area contributed by atoms with Gasteiger partial charge in [0.1, 0.15) is 0 Å². The summed E-state index contributed by atoms with van der Waals surface area (Å²) in [5, 5.41) is 16.2.